The maximum atomic E-state index is 12.6. The molecule has 0 bridgehead atoms. The quantitative estimate of drug-likeness (QED) is 0.281. The van der Waals surface area contributed by atoms with E-state index < -0.39 is 0 Å². The van der Waals surface area contributed by atoms with Gasteiger partial charge in [-0.15, -0.1) is 0 Å². The molecule has 4 aromatic rings. The van der Waals surface area contributed by atoms with E-state index in [0.717, 1.165) is 22.2 Å². The van der Waals surface area contributed by atoms with Gasteiger partial charge in [0.15, 0.2) is 5.82 Å². The number of fused-ring (bicyclic) bond motifs is 1. The van der Waals surface area contributed by atoms with Crippen molar-refractivity contribution in [2.75, 3.05) is 5.32 Å². The van der Waals surface area contributed by atoms with E-state index in [0.29, 0.717) is 22.8 Å². The van der Waals surface area contributed by atoms with Gasteiger partial charge in [-0.05, 0) is 68.3 Å². The van der Waals surface area contributed by atoms with Gasteiger partial charge >= 0.3 is 0 Å². The molecular weight excluding hydrogens is 414 g/mol. The third kappa shape index (κ3) is 5.36. The number of ether oxygens (including phenoxy) is 1. The molecule has 4 rings (SSSR count). The maximum absolute atomic E-state index is 12.6. The summed E-state index contributed by atoms with van der Waals surface area (Å²) in [6.45, 7) is 5.87. The molecule has 0 aliphatic carbocycles. The van der Waals surface area contributed by atoms with Crippen LogP contribution in [0.25, 0.3) is 17.1 Å². The standard InChI is InChI=1S/C27H25N3O3/c1-17(2)33-22-8-5-7-21(16-22)28-27(32)20-13-10-19(11-14-20)12-15-24(31)26-29-23-9-4-6-18(3)25(23)30-26/h4-17H,1-3H3,(H,28,32)(H,29,30). The molecule has 166 valence electrons. The molecule has 0 radical (unpaired) electrons. The first kappa shape index (κ1) is 22.0. The van der Waals surface area contributed by atoms with Crippen LogP contribution in [0.4, 0.5) is 5.69 Å². The molecule has 3 aromatic carbocycles. The number of benzene rings is 3. The van der Waals surface area contributed by atoms with Crippen LogP contribution in [0.1, 0.15) is 46.0 Å². The number of rotatable bonds is 7. The van der Waals surface area contributed by atoms with Gasteiger partial charge in [-0.3, -0.25) is 9.59 Å². The SMILES string of the molecule is Cc1cccc2nc(C(=O)C=Cc3ccc(C(=O)Nc4cccc(OC(C)C)c4)cc3)[nH]c12. The highest BCUT2D eigenvalue weighted by Gasteiger charge is 2.10. The highest BCUT2D eigenvalue weighted by molar-refractivity contribution is 6.06. The second-order valence-corrected chi connectivity index (χ2v) is 8.02. The smallest absolute Gasteiger partial charge is 0.255 e. The lowest BCUT2D eigenvalue weighted by Gasteiger charge is -2.11. The van der Waals surface area contributed by atoms with E-state index in [1.807, 2.05) is 57.2 Å². The number of hydrogen-bond donors (Lipinski definition) is 2. The number of aromatic amines is 1. The number of hydrogen-bond acceptors (Lipinski definition) is 4. The molecule has 0 unspecified atom stereocenters. The fraction of sp³-hybridized carbons (Fsp3) is 0.148. The highest BCUT2D eigenvalue weighted by atomic mass is 16.5. The number of imidazole rings is 1. The number of ketones is 1. The van der Waals surface area contributed by atoms with Gasteiger partial charge in [0.25, 0.3) is 5.91 Å². The molecule has 6 heteroatoms. The van der Waals surface area contributed by atoms with Crippen molar-refractivity contribution >= 4 is 34.5 Å². The molecule has 0 spiro atoms. The van der Waals surface area contributed by atoms with Crippen LogP contribution in [0.3, 0.4) is 0 Å². The molecule has 0 aliphatic rings. The van der Waals surface area contributed by atoms with Gasteiger partial charge in [0.1, 0.15) is 5.75 Å². The number of anilines is 1. The Bertz CT molecular complexity index is 1330. The van der Waals surface area contributed by atoms with E-state index in [1.54, 1.807) is 36.4 Å². The molecule has 0 aliphatic heterocycles. The number of H-pyrrole nitrogens is 1. The average molecular weight is 440 g/mol. The van der Waals surface area contributed by atoms with Crippen LogP contribution in [-0.4, -0.2) is 27.8 Å². The normalized spacial score (nSPS) is 11.3. The van der Waals surface area contributed by atoms with Crippen LogP contribution in [0.15, 0.2) is 72.8 Å². The second-order valence-electron chi connectivity index (χ2n) is 8.02. The zero-order valence-corrected chi connectivity index (χ0v) is 18.8. The van der Waals surface area contributed by atoms with E-state index >= 15 is 0 Å². The number of carbonyl (C=O) groups is 2. The van der Waals surface area contributed by atoms with Crippen molar-refractivity contribution < 1.29 is 14.3 Å². The van der Waals surface area contributed by atoms with Crippen molar-refractivity contribution in [2.45, 2.75) is 26.9 Å². The minimum atomic E-state index is -0.221. The van der Waals surface area contributed by atoms with Crippen LogP contribution in [0.5, 0.6) is 5.75 Å². The Labute approximate surface area is 192 Å². The third-order valence-corrected chi connectivity index (χ3v) is 5.02. The average Bonchev–Trinajstić information content (AvgIpc) is 3.23. The molecule has 33 heavy (non-hydrogen) atoms. The van der Waals surface area contributed by atoms with Gasteiger partial charge in [-0.1, -0.05) is 36.4 Å². The van der Waals surface area contributed by atoms with Gasteiger partial charge in [-0.25, -0.2) is 4.98 Å². The molecule has 0 atom stereocenters. The summed E-state index contributed by atoms with van der Waals surface area (Å²) in [6.07, 6.45) is 3.23. The van der Waals surface area contributed by atoms with Gasteiger partial charge < -0.3 is 15.0 Å². The lowest BCUT2D eigenvalue weighted by atomic mass is 10.1. The number of nitrogens with one attached hydrogen (secondary N) is 2. The minimum Gasteiger partial charge on any atom is -0.491 e. The van der Waals surface area contributed by atoms with Crippen LogP contribution in [0.2, 0.25) is 0 Å². The van der Waals surface area contributed by atoms with Gasteiger partial charge in [-0.2, -0.15) is 0 Å². The summed E-state index contributed by atoms with van der Waals surface area (Å²) in [5, 5.41) is 2.88. The summed E-state index contributed by atoms with van der Waals surface area (Å²) in [5.74, 6) is 0.569. The molecular formula is C27H25N3O3. The molecule has 0 fully saturated rings. The van der Waals surface area contributed by atoms with Crippen molar-refractivity contribution in [3.05, 3.63) is 95.3 Å². The maximum Gasteiger partial charge on any atom is 0.255 e. The highest BCUT2D eigenvalue weighted by Crippen LogP contribution is 2.20. The predicted molar refractivity (Wildman–Crippen MR) is 131 cm³/mol. The zero-order chi connectivity index (χ0) is 23.4. The lowest BCUT2D eigenvalue weighted by molar-refractivity contribution is 0.102. The number of allylic oxidation sites excluding steroid dienone is 1. The molecule has 1 heterocycles. The number of nitrogens with zero attached hydrogens (tertiary/aromatic N) is 1. The fourth-order valence-corrected chi connectivity index (χ4v) is 3.41. The topological polar surface area (TPSA) is 84.1 Å². The van der Waals surface area contributed by atoms with E-state index in [-0.39, 0.29) is 17.8 Å². The van der Waals surface area contributed by atoms with Gasteiger partial charge in [0.2, 0.25) is 5.78 Å². The van der Waals surface area contributed by atoms with Crippen molar-refractivity contribution in [2.24, 2.45) is 0 Å². The summed E-state index contributed by atoms with van der Waals surface area (Å²) in [4.78, 5) is 32.6. The Kier molecular flexibility index (Phi) is 6.36. The largest absolute Gasteiger partial charge is 0.491 e. The fourth-order valence-electron chi connectivity index (χ4n) is 3.41. The first-order valence-corrected chi connectivity index (χ1v) is 10.7. The molecule has 0 saturated heterocycles. The third-order valence-electron chi connectivity index (χ3n) is 5.02. The molecule has 1 amide bonds. The van der Waals surface area contributed by atoms with E-state index in [2.05, 4.69) is 15.3 Å². The number of amides is 1. The van der Waals surface area contributed by atoms with Crippen molar-refractivity contribution in [3.8, 4) is 5.75 Å². The monoisotopic (exact) mass is 439 g/mol. The summed E-state index contributed by atoms with van der Waals surface area (Å²) < 4.78 is 5.67. The Morgan fingerprint density at radius 1 is 1.03 bits per heavy atom. The van der Waals surface area contributed by atoms with Crippen molar-refractivity contribution in [1.29, 1.82) is 0 Å². The summed E-state index contributed by atoms with van der Waals surface area (Å²) >= 11 is 0. The Hall–Kier alpha value is -4.19. The predicted octanol–water partition coefficient (Wildman–Crippen LogP) is 5.81. The first-order chi connectivity index (χ1) is 15.9. The molecule has 6 nitrogen and oxygen atoms in total. The van der Waals surface area contributed by atoms with Crippen LogP contribution in [-0.2, 0) is 0 Å². The van der Waals surface area contributed by atoms with E-state index in [9.17, 15) is 9.59 Å². The van der Waals surface area contributed by atoms with E-state index in [1.165, 1.54) is 6.08 Å². The first-order valence-electron chi connectivity index (χ1n) is 10.7. The number of carbonyl (C=O) groups excluding carboxylic acids is 2. The van der Waals surface area contributed by atoms with Gasteiger partial charge in [0, 0.05) is 17.3 Å². The van der Waals surface area contributed by atoms with Crippen molar-refractivity contribution in [3.63, 3.8) is 0 Å². The Morgan fingerprint density at radius 2 is 1.79 bits per heavy atom. The van der Waals surface area contributed by atoms with Crippen LogP contribution in [0, 0.1) is 6.92 Å². The Balaban J connectivity index is 1.41. The summed E-state index contributed by atoms with van der Waals surface area (Å²) in [6, 6.07) is 20.1. The minimum absolute atomic E-state index is 0.0550. The Morgan fingerprint density at radius 3 is 2.52 bits per heavy atom. The summed E-state index contributed by atoms with van der Waals surface area (Å²) in [7, 11) is 0. The second kappa shape index (κ2) is 9.53. The van der Waals surface area contributed by atoms with Gasteiger partial charge in [0.05, 0.1) is 17.1 Å². The van der Waals surface area contributed by atoms with Crippen molar-refractivity contribution in [1.82, 2.24) is 9.97 Å². The number of para-hydroxylation sites is 1. The molecule has 2 N–H and O–H groups in total. The molecule has 0 saturated carbocycles. The van der Waals surface area contributed by atoms with E-state index in [4.69, 9.17) is 4.74 Å². The lowest BCUT2D eigenvalue weighted by Crippen LogP contribution is -2.12. The number of aromatic nitrogens is 2. The number of aryl methyl sites for hydroxylation is 1. The van der Waals surface area contributed by atoms with Crippen LogP contribution >= 0.6 is 0 Å². The van der Waals surface area contributed by atoms with Crippen LogP contribution < -0.4 is 10.1 Å². The zero-order valence-electron chi connectivity index (χ0n) is 18.8. The summed E-state index contributed by atoms with van der Waals surface area (Å²) in [5.41, 5.74) is 4.65. The molecule has 1 aromatic heterocycles.